The van der Waals surface area contributed by atoms with Crippen LogP contribution in [0, 0.1) is 0 Å². The number of nitrogens with one attached hydrogen (secondary N) is 2. The van der Waals surface area contributed by atoms with Crippen LogP contribution in [0.2, 0.25) is 0 Å². The fourth-order valence-electron chi connectivity index (χ4n) is 1.02. The number of rotatable bonds is 9. The van der Waals surface area contributed by atoms with E-state index in [0.29, 0.717) is 0 Å². The largest absolute Gasteiger partial charge is 0.461 e. The topological polar surface area (TPSA) is 111 Å². The Labute approximate surface area is 128 Å². The Kier molecular flexibility index (Phi) is 8.92. The summed E-state index contributed by atoms with van der Waals surface area (Å²) >= 11 is 0. The first-order valence-corrected chi connectivity index (χ1v) is 6.42. The van der Waals surface area contributed by atoms with Crippen molar-refractivity contribution in [3.05, 3.63) is 24.3 Å². The van der Waals surface area contributed by atoms with Crippen molar-refractivity contribution in [1.82, 2.24) is 10.6 Å². The van der Waals surface area contributed by atoms with E-state index in [2.05, 4.69) is 23.8 Å². The first-order valence-electron chi connectivity index (χ1n) is 6.42. The van der Waals surface area contributed by atoms with Gasteiger partial charge in [-0.25, -0.2) is 0 Å². The molecule has 0 unspecified atom stereocenters. The molecule has 0 aliphatic carbocycles. The molecule has 0 radical (unpaired) electrons. The van der Waals surface area contributed by atoms with Crippen LogP contribution in [0.15, 0.2) is 24.3 Å². The number of carbonyl (C=O) groups is 4. The van der Waals surface area contributed by atoms with Gasteiger partial charge >= 0.3 is 11.9 Å². The lowest BCUT2D eigenvalue weighted by Gasteiger charge is -2.08. The Morgan fingerprint density at radius 3 is 1.36 bits per heavy atom. The molecule has 8 nitrogen and oxygen atoms in total. The summed E-state index contributed by atoms with van der Waals surface area (Å²) in [5.74, 6) is -2.23. The molecule has 0 aromatic carbocycles. The summed E-state index contributed by atoms with van der Waals surface area (Å²) in [6.07, 6.45) is 0. The molecule has 0 spiro atoms. The van der Waals surface area contributed by atoms with Crippen molar-refractivity contribution < 1.29 is 28.7 Å². The Morgan fingerprint density at radius 2 is 1.09 bits per heavy atom. The third-order valence-corrected chi connectivity index (χ3v) is 2.17. The van der Waals surface area contributed by atoms with Gasteiger partial charge in [-0.2, -0.15) is 0 Å². The molecule has 0 rings (SSSR count). The van der Waals surface area contributed by atoms with Crippen LogP contribution in [0.5, 0.6) is 0 Å². The summed E-state index contributed by atoms with van der Waals surface area (Å²) in [5, 5.41) is 4.60. The van der Waals surface area contributed by atoms with Crippen LogP contribution in [0.25, 0.3) is 0 Å². The van der Waals surface area contributed by atoms with E-state index in [-0.39, 0.29) is 37.4 Å². The molecule has 0 aliphatic rings. The van der Waals surface area contributed by atoms with Crippen molar-refractivity contribution in [2.24, 2.45) is 0 Å². The lowest BCUT2D eigenvalue weighted by atomic mass is 10.3. The lowest BCUT2D eigenvalue weighted by Crippen LogP contribution is -2.32. The Morgan fingerprint density at radius 1 is 0.773 bits per heavy atom. The fourth-order valence-corrected chi connectivity index (χ4v) is 1.02. The number of ether oxygens (including phenoxy) is 2. The van der Waals surface area contributed by atoms with Crippen molar-refractivity contribution in [2.45, 2.75) is 13.8 Å². The van der Waals surface area contributed by atoms with E-state index in [1.807, 2.05) is 0 Å². The second-order valence-electron chi connectivity index (χ2n) is 4.37. The maximum absolute atomic E-state index is 11.2. The molecule has 0 aromatic rings. The first-order chi connectivity index (χ1) is 10.2. The number of carbonyl (C=O) groups excluding carboxylic acids is 4. The molecule has 0 atom stereocenters. The molecule has 2 amide bonds. The van der Waals surface area contributed by atoms with Crippen LogP contribution in [-0.4, -0.2) is 50.1 Å². The van der Waals surface area contributed by atoms with Gasteiger partial charge in [-0.1, -0.05) is 13.2 Å². The molecule has 122 valence electrons. The van der Waals surface area contributed by atoms with E-state index in [9.17, 15) is 19.2 Å². The average molecular weight is 312 g/mol. The molecule has 8 heteroatoms. The first kappa shape index (κ1) is 19.4. The molecule has 0 fully saturated rings. The van der Waals surface area contributed by atoms with Crippen LogP contribution in [0.3, 0.4) is 0 Å². The fraction of sp³-hybridized carbons (Fsp3) is 0.429. The molecule has 2 N–H and O–H groups in total. The van der Waals surface area contributed by atoms with Gasteiger partial charge in [0.25, 0.3) is 0 Å². The van der Waals surface area contributed by atoms with E-state index in [1.54, 1.807) is 0 Å². The molecule has 0 saturated carbocycles. The van der Waals surface area contributed by atoms with Crippen LogP contribution < -0.4 is 10.6 Å². The number of esters is 2. The highest BCUT2D eigenvalue weighted by molar-refractivity contribution is 5.94. The minimum absolute atomic E-state index is 0.151. The zero-order valence-electron chi connectivity index (χ0n) is 12.7. The molecular weight excluding hydrogens is 292 g/mol. The minimum Gasteiger partial charge on any atom is -0.461 e. The van der Waals surface area contributed by atoms with Gasteiger partial charge in [-0.15, -0.1) is 0 Å². The average Bonchev–Trinajstić information content (AvgIpc) is 2.46. The molecule has 0 aromatic heterocycles. The van der Waals surface area contributed by atoms with E-state index in [4.69, 9.17) is 9.47 Å². The Balaban J connectivity index is 3.71. The second kappa shape index (κ2) is 10.1. The quantitative estimate of drug-likeness (QED) is 0.336. The summed E-state index contributed by atoms with van der Waals surface area (Å²) in [6, 6.07) is 0. The SMILES string of the molecule is C=C(C)C(=O)NCC(=O)OCCOC(=O)CNC(=O)C(=C)C. The Bertz CT molecular complexity index is 440. The van der Waals surface area contributed by atoms with Crippen LogP contribution >= 0.6 is 0 Å². The van der Waals surface area contributed by atoms with Gasteiger partial charge in [0.2, 0.25) is 11.8 Å². The number of hydrogen-bond acceptors (Lipinski definition) is 6. The van der Waals surface area contributed by atoms with Crippen molar-refractivity contribution >= 4 is 23.8 Å². The molecule has 0 saturated heterocycles. The highest BCUT2D eigenvalue weighted by Crippen LogP contribution is 1.87. The van der Waals surface area contributed by atoms with E-state index >= 15 is 0 Å². The van der Waals surface area contributed by atoms with Crippen molar-refractivity contribution in [3.8, 4) is 0 Å². The third-order valence-electron chi connectivity index (χ3n) is 2.17. The maximum atomic E-state index is 11.2. The molecule has 0 bridgehead atoms. The lowest BCUT2D eigenvalue weighted by molar-refractivity contribution is -0.151. The number of amides is 2. The van der Waals surface area contributed by atoms with Gasteiger partial charge in [0.1, 0.15) is 26.3 Å². The summed E-state index contributed by atoms with van der Waals surface area (Å²) in [5.41, 5.74) is 0.553. The molecular formula is C14H20N2O6. The summed E-state index contributed by atoms with van der Waals surface area (Å²) in [6.45, 7) is 8.94. The van der Waals surface area contributed by atoms with Gasteiger partial charge in [0, 0.05) is 11.1 Å². The van der Waals surface area contributed by atoms with Crippen molar-refractivity contribution in [2.75, 3.05) is 26.3 Å². The highest BCUT2D eigenvalue weighted by atomic mass is 16.6. The second-order valence-corrected chi connectivity index (χ2v) is 4.37. The van der Waals surface area contributed by atoms with E-state index in [0.717, 1.165) is 0 Å². The van der Waals surface area contributed by atoms with Crippen LogP contribution in [0.1, 0.15) is 13.8 Å². The van der Waals surface area contributed by atoms with Gasteiger partial charge in [-0.3, -0.25) is 19.2 Å². The zero-order valence-corrected chi connectivity index (χ0v) is 12.7. The summed E-state index contributed by atoms with van der Waals surface area (Å²) in [4.78, 5) is 44.7. The zero-order chi connectivity index (χ0) is 17.1. The minimum atomic E-state index is -0.666. The molecule has 0 heterocycles. The molecule has 22 heavy (non-hydrogen) atoms. The van der Waals surface area contributed by atoms with Gasteiger partial charge in [0.15, 0.2) is 0 Å². The normalized spacial score (nSPS) is 9.36. The Hall–Kier alpha value is -2.64. The monoisotopic (exact) mass is 312 g/mol. The smallest absolute Gasteiger partial charge is 0.325 e. The predicted octanol–water partition coefficient (Wildman–Crippen LogP) is -0.543. The van der Waals surface area contributed by atoms with Gasteiger partial charge < -0.3 is 20.1 Å². The van der Waals surface area contributed by atoms with E-state index < -0.39 is 23.8 Å². The van der Waals surface area contributed by atoms with Crippen LogP contribution in [0.4, 0.5) is 0 Å². The predicted molar refractivity (Wildman–Crippen MR) is 77.6 cm³/mol. The van der Waals surface area contributed by atoms with E-state index in [1.165, 1.54) is 13.8 Å². The maximum Gasteiger partial charge on any atom is 0.325 e. The van der Waals surface area contributed by atoms with Crippen molar-refractivity contribution in [3.63, 3.8) is 0 Å². The highest BCUT2D eigenvalue weighted by Gasteiger charge is 2.09. The standard InChI is InChI=1S/C14H20N2O6/c1-9(2)13(19)15-7-11(17)21-5-6-22-12(18)8-16-14(20)10(3)4/h1,3,5-8H2,2,4H3,(H,15,19)(H,16,20). The summed E-state index contributed by atoms with van der Waals surface area (Å²) < 4.78 is 9.45. The number of hydrogen-bond donors (Lipinski definition) is 2. The van der Waals surface area contributed by atoms with Crippen molar-refractivity contribution in [1.29, 1.82) is 0 Å². The van der Waals surface area contributed by atoms with Gasteiger partial charge in [0.05, 0.1) is 0 Å². The third kappa shape index (κ3) is 9.29. The molecule has 0 aliphatic heterocycles. The van der Waals surface area contributed by atoms with Gasteiger partial charge in [-0.05, 0) is 13.8 Å². The summed E-state index contributed by atoms with van der Waals surface area (Å²) in [7, 11) is 0. The van der Waals surface area contributed by atoms with Crippen LogP contribution in [-0.2, 0) is 28.7 Å².